The molecule has 0 radical (unpaired) electrons. The fourth-order valence-corrected chi connectivity index (χ4v) is 2.99. The fourth-order valence-electron chi connectivity index (χ4n) is 2.32. The van der Waals surface area contributed by atoms with Gasteiger partial charge in [0.15, 0.2) is 11.2 Å². The van der Waals surface area contributed by atoms with E-state index >= 15 is 0 Å². The van der Waals surface area contributed by atoms with Gasteiger partial charge in [0.1, 0.15) is 5.75 Å². The van der Waals surface area contributed by atoms with E-state index in [1.807, 2.05) is 6.92 Å². The van der Waals surface area contributed by atoms with Crippen LogP contribution in [0.15, 0.2) is 42.5 Å². The summed E-state index contributed by atoms with van der Waals surface area (Å²) in [4.78, 5) is 24.0. The average Bonchev–Trinajstić information content (AvgIpc) is 2.64. The highest BCUT2D eigenvalue weighted by Crippen LogP contribution is 2.28. The molecule has 6 nitrogen and oxygen atoms in total. The van der Waals surface area contributed by atoms with Gasteiger partial charge in [-0.15, -0.1) is 0 Å². The average molecular weight is 454 g/mol. The fraction of sp³-hybridized carbons (Fsp3) is 0.250. The van der Waals surface area contributed by atoms with E-state index in [1.165, 1.54) is 6.07 Å². The van der Waals surface area contributed by atoms with Gasteiger partial charge in [-0.2, -0.15) is 0 Å². The zero-order valence-electron chi connectivity index (χ0n) is 15.9. The van der Waals surface area contributed by atoms with E-state index in [1.54, 1.807) is 43.3 Å². The van der Waals surface area contributed by atoms with E-state index in [-0.39, 0.29) is 11.0 Å². The number of ether oxygens (including phenoxy) is 1. The van der Waals surface area contributed by atoms with Crippen molar-refractivity contribution in [1.29, 1.82) is 0 Å². The smallest absolute Gasteiger partial charge is 0.266 e. The molecule has 154 valence electrons. The van der Waals surface area contributed by atoms with Gasteiger partial charge in [0.05, 0.1) is 5.02 Å². The lowest BCUT2D eigenvalue weighted by molar-refractivity contribution is -0.125. The predicted molar refractivity (Wildman–Crippen MR) is 121 cm³/mol. The van der Waals surface area contributed by atoms with Gasteiger partial charge in [0.25, 0.3) is 5.91 Å². The van der Waals surface area contributed by atoms with Crippen LogP contribution in [0.25, 0.3) is 0 Å². The number of rotatable bonds is 7. The SMILES string of the molecule is CCCC(=O)Nc1cccc(NC(=S)NC(=O)[C@H](C)Oc2ccc(Cl)cc2Cl)c1. The van der Waals surface area contributed by atoms with Crippen LogP contribution in [0.1, 0.15) is 26.7 Å². The first-order valence-corrected chi connectivity index (χ1v) is 10.1. The lowest BCUT2D eigenvalue weighted by atomic mass is 10.2. The van der Waals surface area contributed by atoms with Crippen LogP contribution in [0.2, 0.25) is 10.0 Å². The van der Waals surface area contributed by atoms with Crippen molar-refractivity contribution in [3.8, 4) is 5.75 Å². The Kier molecular flexibility index (Phi) is 8.70. The van der Waals surface area contributed by atoms with Gasteiger partial charge in [-0.25, -0.2) is 0 Å². The standard InChI is InChI=1S/C20H21Cl2N3O3S/c1-3-5-18(26)23-14-6-4-7-15(11-14)24-20(29)25-19(27)12(2)28-17-9-8-13(21)10-16(17)22/h4,6-12H,3,5H2,1-2H3,(H,23,26)(H2,24,25,27,29)/t12-/m0/s1. The van der Waals surface area contributed by atoms with E-state index in [2.05, 4.69) is 16.0 Å². The minimum absolute atomic E-state index is 0.0626. The van der Waals surface area contributed by atoms with Gasteiger partial charge < -0.3 is 15.4 Å². The first-order valence-electron chi connectivity index (χ1n) is 8.92. The Morgan fingerprint density at radius 1 is 1.10 bits per heavy atom. The molecule has 1 atom stereocenters. The van der Waals surface area contributed by atoms with Crippen LogP contribution in [0.3, 0.4) is 0 Å². The number of halogens is 2. The van der Waals surface area contributed by atoms with Crippen molar-refractivity contribution in [3.05, 3.63) is 52.5 Å². The van der Waals surface area contributed by atoms with Crippen LogP contribution in [-0.2, 0) is 9.59 Å². The molecule has 0 aliphatic heterocycles. The second-order valence-corrected chi connectivity index (χ2v) is 7.41. The Morgan fingerprint density at radius 3 is 2.45 bits per heavy atom. The van der Waals surface area contributed by atoms with Gasteiger partial charge in [-0.1, -0.05) is 36.2 Å². The van der Waals surface area contributed by atoms with Crippen molar-refractivity contribution in [2.75, 3.05) is 10.6 Å². The number of nitrogens with one attached hydrogen (secondary N) is 3. The number of hydrogen-bond donors (Lipinski definition) is 3. The molecule has 0 aromatic heterocycles. The first kappa shape index (κ1) is 22.9. The van der Waals surface area contributed by atoms with E-state index < -0.39 is 12.0 Å². The number of carbonyl (C=O) groups is 2. The Balaban J connectivity index is 1.91. The summed E-state index contributed by atoms with van der Waals surface area (Å²) in [7, 11) is 0. The Morgan fingerprint density at radius 2 is 1.79 bits per heavy atom. The number of hydrogen-bond acceptors (Lipinski definition) is 4. The molecular formula is C20H21Cl2N3O3S. The van der Waals surface area contributed by atoms with Gasteiger partial charge in [-0.05, 0) is 62.0 Å². The zero-order chi connectivity index (χ0) is 21.4. The molecule has 29 heavy (non-hydrogen) atoms. The van der Waals surface area contributed by atoms with E-state index in [9.17, 15) is 9.59 Å². The van der Waals surface area contributed by atoms with E-state index in [0.717, 1.165) is 6.42 Å². The molecule has 2 amide bonds. The van der Waals surface area contributed by atoms with Crippen LogP contribution in [-0.4, -0.2) is 23.0 Å². The van der Waals surface area contributed by atoms with Crippen molar-refractivity contribution < 1.29 is 14.3 Å². The largest absolute Gasteiger partial charge is 0.479 e. The molecule has 2 aromatic carbocycles. The third-order valence-corrected chi connectivity index (χ3v) is 4.42. The summed E-state index contributed by atoms with van der Waals surface area (Å²) < 4.78 is 5.56. The van der Waals surface area contributed by atoms with Crippen LogP contribution >= 0.6 is 35.4 Å². The van der Waals surface area contributed by atoms with Crippen LogP contribution in [0, 0.1) is 0 Å². The van der Waals surface area contributed by atoms with Crippen LogP contribution in [0.4, 0.5) is 11.4 Å². The highest BCUT2D eigenvalue weighted by Gasteiger charge is 2.17. The summed E-state index contributed by atoms with van der Waals surface area (Å²) in [6.07, 6.45) is 0.372. The van der Waals surface area contributed by atoms with Gasteiger partial charge in [0.2, 0.25) is 5.91 Å². The normalized spacial score (nSPS) is 11.3. The molecule has 0 saturated heterocycles. The van der Waals surface area contributed by atoms with Crippen molar-refractivity contribution in [1.82, 2.24) is 5.32 Å². The molecule has 9 heteroatoms. The van der Waals surface area contributed by atoms with Crippen LogP contribution in [0.5, 0.6) is 5.75 Å². The number of carbonyl (C=O) groups excluding carboxylic acids is 2. The molecule has 0 bridgehead atoms. The molecule has 0 unspecified atom stereocenters. The van der Waals surface area contributed by atoms with Gasteiger partial charge >= 0.3 is 0 Å². The highest BCUT2D eigenvalue weighted by molar-refractivity contribution is 7.80. The molecule has 2 rings (SSSR count). The molecule has 0 fully saturated rings. The predicted octanol–water partition coefficient (Wildman–Crippen LogP) is 5.01. The molecule has 0 heterocycles. The van der Waals surface area contributed by atoms with Crippen molar-refractivity contribution in [2.45, 2.75) is 32.8 Å². The first-order chi connectivity index (χ1) is 13.8. The molecule has 0 saturated carbocycles. The van der Waals surface area contributed by atoms with Gasteiger partial charge in [0, 0.05) is 22.8 Å². The summed E-state index contributed by atoms with van der Waals surface area (Å²) >= 11 is 17.1. The summed E-state index contributed by atoms with van der Waals surface area (Å²) in [5.41, 5.74) is 1.26. The second kappa shape index (κ2) is 11.0. The molecule has 2 aromatic rings. The molecule has 0 spiro atoms. The zero-order valence-corrected chi connectivity index (χ0v) is 18.3. The minimum Gasteiger partial charge on any atom is -0.479 e. The molecular weight excluding hydrogens is 433 g/mol. The van der Waals surface area contributed by atoms with E-state index in [0.29, 0.717) is 33.6 Å². The second-order valence-electron chi connectivity index (χ2n) is 6.16. The van der Waals surface area contributed by atoms with Crippen molar-refractivity contribution in [3.63, 3.8) is 0 Å². The summed E-state index contributed by atoms with van der Waals surface area (Å²) in [6, 6.07) is 11.8. The van der Waals surface area contributed by atoms with Crippen molar-refractivity contribution >= 4 is 63.7 Å². The number of amides is 2. The summed E-state index contributed by atoms with van der Waals surface area (Å²) in [5, 5.41) is 9.14. The summed E-state index contributed by atoms with van der Waals surface area (Å²) in [6.45, 7) is 3.51. The van der Waals surface area contributed by atoms with Gasteiger partial charge in [-0.3, -0.25) is 14.9 Å². The maximum atomic E-state index is 12.3. The number of anilines is 2. The minimum atomic E-state index is -0.840. The van der Waals surface area contributed by atoms with E-state index in [4.69, 9.17) is 40.2 Å². The molecule has 3 N–H and O–H groups in total. The maximum absolute atomic E-state index is 12.3. The lowest BCUT2D eigenvalue weighted by Crippen LogP contribution is -2.42. The third kappa shape index (κ3) is 7.53. The molecule has 0 aliphatic rings. The topological polar surface area (TPSA) is 79.5 Å². The lowest BCUT2D eigenvalue weighted by Gasteiger charge is -2.17. The Labute approximate surface area is 184 Å². The van der Waals surface area contributed by atoms with Crippen molar-refractivity contribution in [2.24, 2.45) is 0 Å². The third-order valence-electron chi connectivity index (χ3n) is 3.68. The molecule has 0 aliphatic carbocycles. The quantitative estimate of drug-likeness (QED) is 0.513. The Bertz CT molecular complexity index is 908. The monoisotopic (exact) mass is 453 g/mol. The maximum Gasteiger partial charge on any atom is 0.266 e. The highest BCUT2D eigenvalue weighted by atomic mass is 35.5. The van der Waals surface area contributed by atoms with Crippen LogP contribution < -0.4 is 20.7 Å². The summed E-state index contributed by atoms with van der Waals surface area (Å²) in [5.74, 6) is -0.165. The Hall–Kier alpha value is -2.35. The number of thiocarbonyl (C=S) groups is 1. The number of benzene rings is 2.